The van der Waals surface area contributed by atoms with Gasteiger partial charge < -0.3 is 9.47 Å². The first kappa shape index (κ1) is 13.5. The van der Waals surface area contributed by atoms with Crippen LogP contribution in [0.3, 0.4) is 0 Å². The van der Waals surface area contributed by atoms with Crippen LogP contribution in [0.4, 0.5) is 0 Å². The summed E-state index contributed by atoms with van der Waals surface area (Å²) in [5, 5.41) is 1.84. The van der Waals surface area contributed by atoms with E-state index in [-0.39, 0.29) is 5.97 Å². The van der Waals surface area contributed by atoms with Gasteiger partial charge in [-0.15, -0.1) is 17.9 Å². The monoisotopic (exact) mass is 352 g/mol. The minimum atomic E-state index is -0.310. The number of carbonyl (C=O) groups excluding carboxylic acids is 1. The number of unbranched alkanes of at least 4 members (excludes halogenated alkanes) is 1. The summed E-state index contributed by atoms with van der Waals surface area (Å²) < 4.78 is 11.1. The second kappa shape index (κ2) is 6.90. The lowest BCUT2D eigenvalue weighted by Crippen LogP contribution is -2.01. The lowest BCUT2D eigenvalue weighted by molar-refractivity contribution is 0.0605. The van der Waals surface area contributed by atoms with Crippen molar-refractivity contribution in [3.8, 4) is 5.75 Å². The molecule has 0 aliphatic carbocycles. The molecule has 1 aromatic rings. The Morgan fingerprint density at radius 1 is 1.69 bits per heavy atom. The Kier molecular flexibility index (Phi) is 5.83. The van der Waals surface area contributed by atoms with E-state index in [1.54, 1.807) is 0 Å². The van der Waals surface area contributed by atoms with Crippen molar-refractivity contribution in [3.63, 3.8) is 0 Å². The molecule has 88 valence electrons. The fraction of sp³-hybridized carbons (Fsp3) is 0.364. The molecule has 1 rings (SSSR count). The molecular weight excluding hydrogens is 339 g/mol. The van der Waals surface area contributed by atoms with Gasteiger partial charge in [0.1, 0.15) is 10.6 Å². The average molecular weight is 352 g/mol. The van der Waals surface area contributed by atoms with E-state index in [1.807, 2.05) is 11.5 Å². The predicted octanol–water partition coefficient (Wildman–Crippen LogP) is 3.48. The molecule has 0 aliphatic rings. The fourth-order valence-corrected chi connectivity index (χ4v) is 2.98. The summed E-state index contributed by atoms with van der Waals surface area (Å²) in [6, 6.07) is 0. The first-order valence-corrected chi connectivity index (χ1v) is 6.75. The van der Waals surface area contributed by atoms with Gasteiger partial charge in [0.2, 0.25) is 0 Å². The summed E-state index contributed by atoms with van der Waals surface area (Å²) in [4.78, 5) is 11.9. The Morgan fingerprint density at radius 2 is 2.44 bits per heavy atom. The van der Waals surface area contributed by atoms with Crippen LogP contribution in [0, 0.1) is 3.57 Å². The Bertz CT molecular complexity index is 373. The summed E-state index contributed by atoms with van der Waals surface area (Å²) in [6.07, 6.45) is 3.73. The Labute approximate surface area is 113 Å². The van der Waals surface area contributed by atoms with Crippen LogP contribution in [-0.2, 0) is 4.74 Å². The molecule has 0 aliphatic heterocycles. The topological polar surface area (TPSA) is 35.5 Å². The molecule has 0 saturated carbocycles. The average Bonchev–Trinajstić information content (AvgIpc) is 2.65. The molecule has 0 radical (unpaired) electrons. The number of allylic oxidation sites excluding steroid dienone is 1. The van der Waals surface area contributed by atoms with Gasteiger partial charge in [-0.3, -0.25) is 0 Å². The normalized spacial score (nSPS) is 9.88. The first-order chi connectivity index (χ1) is 7.70. The van der Waals surface area contributed by atoms with Crippen molar-refractivity contribution in [2.75, 3.05) is 13.7 Å². The summed E-state index contributed by atoms with van der Waals surface area (Å²) in [5.41, 5.74) is 0. The van der Waals surface area contributed by atoms with Crippen LogP contribution in [0.5, 0.6) is 5.75 Å². The summed E-state index contributed by atoms with van der Waals surface area (Å²) in [7, 11) is 1.38. The van der Waals surface area contributed by atoms with Crippen molar-refractivity contribution >= 4 is 39.9 Å². The predicted molar refractivity (Wildman–Crippen MR) is 73.3 cm³/mol. The largest absolute Gasteiger partial charge is 0.492 e. The van der Waals surface area contributed by atoms with E-state index in [4.69, 9.17) is 4.74 Å². The molecule has 0 fully saturated rings. The quantitative estimate of drug-likeness (QED) is 0.340. The number of thiophene rings is 1. The summed E-state index contributed by atoms with van der Waals surface area (Å²) in [5.74, 6) is 0.449. The highest BCUT2D eigenvalue weighted by molar-refractivity contribution is 14.1. The Balaban J connectivity index is 2.58. The molecule has 0 unspecified atom stereocenters. The molecule has 16 heavy (non-hydrogen) atoms. The Morgan fingerprint density at radius 3 is 3.06 bits per heavy atom. The number of halogens is 1. The van der Waals surface area contributed by atoms with Gasteiger partial charge in [0.25, 0.3) is 0 Å². The van der Waals surface area contributed by atoms with Crippen LogP contribution < -0.4 is 4.74 Å². The number of ether oxygens (including phenoxy) is 2. The molecule has 0 N–H and O–H groups in total. The zero-order chi connectivity index (χ0) is 12.0. The molecule has 0 spiro atoms. The molecule has 3 nitrogen and oxygen atoms in total. The van der Waals surface area contributed by atoms with Crippen molar-refractivity contribution in [1.82, 2.24) is 0 Å². The zero-order valence-electron chi connectivity index (χ0n) is 8.99. The maximum atomic E-state index is 11.3. The molecule has 0 aromatic carbocycles. The van der Waals surface area contributed by atoms with E-state index in [2.05, 4.69) is 33.9 Å². The van der Waals surface area contributed by atoms with Gasteiger partial charge in [-0.25, -0.2) is 4.79 Å². The number of carbonyl (C=O) groups is 1. The fourth-order valence-electron chi connectivity index (χ4n) is 1.07. The lowest BCUT2D eigenvalue weighted by atomic mass is 10.3. The van der Waals surface area contributed by atoms with Crippen LogP contribution in [0.25, 0.3) is 0 Å². The van der Waals surface area contributed by atoms with E-state index in [9.17, 15) is 4.79 Å². The van der Waals surface area contributed by atoms with Crippen LogP contribution in [-0.4, -0.2) is 19.7 Å². The number of hydrogen-bond donors (Lipinski definition) is 0. The van der Waals surface area contributed by atoms with Gasteiger partial charge in [-0.2, -0.15) is 0 Å². The molecule has 0 atom stereocenters. The second-order valence-electron chi connectivity index (χ2n) is 3.01. The van der Waals surface area contributed by atoms with Gasteiger partial charge in [0, 0.05) is 5.38 Å². The SMILES string of the molecule is C=CCCCOc1csc(C(=O)OC)c1I. The van der Waals surface area contributed by atoms with Crippen LogP contribution in [0.1, 0.15) is 22.5 Å². The Hall–Kier alpha value is -0.560. The van der Waals surface area contributed by atoms with Crippen molar-refractivity contribution in [3.05, 3.63) is 26.5 Å². The molecule has 5 heteroatoms. The van der Waals surface area contributed by atoms with Crippen molar-refractivity contribution < 1.29 is 14.3 Å². The minimum Gasteiger partial charge on any atom is -0.492 e. The van der Waals surface area contributed by atoms with Crippen molar-refractivity contribution in [2.45, 2.75) is 12.8 Å². The third kappa shape index (κ3) is 3.48. The van der Waals surface area contributed by atoms with Crippen molar-refractivity contribution in [1.29, 1.82) is 0 Å². The minimum absolute atomic E-state index is 0.310. The van der Waals surface area contributed by atoms with E-state index in [1.165, 1.54) is 18.4 Å². The van der Waals surface area contributed by atoms with Gasteiger partial charge in [-0.1, -0.05) is 6.08 Å². The third-order valence-corrected chi connectivity index (χ3v) is 4.26. The first-order valence-electron chi connectivity index (χ1n) is 4.79. The molecule has 0 amide bonds. The summed E-state index contributed by atoms with van der Waals surface area (Å²) in [6.45, 7) is 4.28. The highest BCUT2D eigenvalue weighted by atomic mass is 127. The maximum absolute atomic E-state index is 11.3. The molecule has 1 heterocycles. The van der Waals surface area contributed by atoms with E-state index in [0.29, 0.717) is 11.5 Å². The molecular formula is C11H13IO3S. The highest BCUT2D eigenvalue weighted by Crippen LogP contribution is 2.31. The highest BCUT2D eigenvalue weighted by Gasteiger charge is 2.17. The number of rotatable bonds is 6. The van der Waals surface area contributed by atoms with E-state index < -0.39 is 0 Å². The molecule has 1 aromatic heterocycles. The smallest absolute Gasteiger partial charge is 0.349 e. The van der Waals surface area contributed by atoms with Crippen LogP contribution in [0.15, 0.2) is 18.0 Å². The van der Waals surface area contributed by atoms with Gasteiger partial charge in [0.15, 0.2) is 0 Å². The van der Waals surface area contributed by atoms with E-state index in [0.717, 1.165) is 22.2 Å². The number of esters is 1. The molecule has 0 bridgehead atoms. The maximum Gasteiger partial charge on any atom is 0.349 e. The standard InChI is InChI=1S/C11H13IO3S/c1-3-4-5-6-15-8-7-16-10(9(8)12)11(13)14-2/h3,7H,1,4-6H2,2H3. The summed E-state index contributed by atoms with van der Waals surface area (Å²) >= 11 is 3.45. The van der Waals surface area contributed by atoms with Crippen LogP contribution in [0.2, 0.25) is 0 Å². The third-order valence-electron chi connectivity index (χ3n) is 1.88. The van der Waals surface area contributed by atoms with Crippen LogP contribution >= 0.6 is 33.9 Å². The van der Waals surface area contributed by atoms with Crippen molar-refractivity contribution in [2.24, 2.45) is 0 Å². The van der Waals surface area contributed by atoms with Gasteiger partial charge >= 0.3 is 5.97 Å². The van der Waals surface area contributed by atoms with Gasteiger partial charge in [-0.05, 0) is 35.4 Å². The van der Waals surface area contributed by atoms with Gasteiger partial charge in [0.05, 0.1) is 17.3 Å². The number of methoxy groups -OCH3 is 1. The zero-order valence-corrected chi connectivity index (χ0v) is 12.0. The lowest BCUT2D eigenvalue weighted by Gasteiger charge is -2.03. The second-order valence-corrected chi connectivity index (χ2v) is 4.97. The number of hydrogen-bond acceptors (Lipinski definition) is 4. The van der Waals surface area contributed by atoms with E-state index >= 15 is 0 Å². The molecule has 0 saturated heterocycles.